The van der Waals surface area contributed by atoms with Crippen LogP contribution in [0, 0.1) is 0 Å². The number of carbonyl (C=O) groups excluding carboxylic acids is 3. The first-order chi connectivity index (χ1) is 18.0. The Morgan fingerprint density at radius 3 is 2.08 bits per heavy atom. The minimum absolute atomic E-state index is 0.0177. The summed E-state index contributed by atoms with van der Waals surface area (Å²) in [4.78, 5) is 41.0. The molecule has 38 heavy (non-hydrogen) atoms. The smallest absolute Gasteiger partial charge is 0.411 e. The summed E-state index contributed by atoms with van der Waals surface area (Å²) in [5.41, 5.74) is 1.90. The molecular formula is C29H33N3O6. The van der Waals surface area contributed by atoms with E-state index in [-0.39, 0.29) is 18.3 Å². The third kappa shape index (κ3) is 6.89. The zero-order valence-corrected chi connectivity index (χ0v) is 22.2. The maximum atomic E-state index is 13.2. The van der Waals surface area contributed by atoms with Gasteiger partial charge in [-0.1, -0.05) is 36.4 Å². The second kappa shape index (κ2) is 12.2. The van der Waals surface area contributed by atoms with E-state index in [1.165, 1.54) is 13.2 Å². The summed E-state index contributed by atoms with van der Waals surface area (Å²) in [6, 6.07) is 20.1. The summed E-state index contributed by atoms with van der Waals surface area (Å²) in [6.07, 6.45) is -0.512. The lowest BCUT2D eigenvalue weighted by molar-refractivity contribution is 0.0331. The number of amides is 2. The first kappa shape index (κ1) is 28.2. The van der Waals surface area contributed by atoms with Crippen LogP contribution in [0.3, 0.4) is 0 Å². The van der Waals surface area contributed by atoms with Gasteiger partial charge in [-0.25, -0.2) is 9.59 Å². The van der Waals surface area contributed by atoms with E-state index in [4.69, 9.17) is 9.47 Å². The minimum atomic E-state index is -0.775. The molecule has 2 amide bonds. The maximum Gasteiger partial charge on any atom is 0.411 e. The van der Waals surface area contributed by atoms with Crippen LogP contribution in [0.4, 0.5) is 10.5 Å². The summed E-state index contributed by atoms with van der Waals surface area (Å²) in [5.74, 6) is -0.816. The summed E-state index contributed by atoms with van der Waals surface area (Å²) in [5, 5.41) is 12.6. The molecule has 0 aromatic heterocycles. The number of hydrogen-bond acceptors (Lipinski definition) is 7. The first-order valence-electron chi connectivity index (χ1n) is 12.0. The average Bonchev–Trinajstić information content (AvgIpc) is 2.91. The molecule has 9 nitrogen and oxygen atoms in total. The highest BCUT2D eigenvalue weighted by atomic mass is 16.6. The fourth-order valence-electron chi connectivity index (χ4n) is 3.78. The first-order valence-corrected chi connectivity index (χ1v) is 12.0. The number of esters is 1. The van der Waals surface area contributed by atoms with Gasteiger partial charge in [-0.3, -0.25) is 14.6 Å². The molecule has 0 atom stereocenters. The molecule has 3 aromatic rings. The molecule has 0 unspecified atom stereocenters. The standard InChI is InChI=1S/C29H33N3O6/c1-29(2,23-16-14-21(15-17-23)26(34)30-24-8-6-7-9-25(24)33)32(19-31(3)4)28(36)38-18-20-10-12-22(13-11-20)27(35)37-5/h6-17,33H,18-19H2,1-5H3,(H,30,34). The highest BCUT2D eigenvalue weighted by molar-refractivity contribution is 6.05. The molecular weight excluding hydrogens is 486 g/mol. The van der Waals surface area contributed by atoms with Gasteiger partial charge in [0, 0.05) is 5.56 Å². The van der Waals surface area contributed by atoms with E-state index in [9.17, 15) is 19.5 Å². The van der Waals surface area contributed by atoms with Gasteiger partial charge in [-0.15, -0.1) is 0 Å². The molecule has 0 aliphatic heterocycles. The molecule has 3 aromatic carbocycles. The van der Waals surface area contributed by atoms with Crippen molar-refractivity contribution in [1.82, 2.24) is 9.80 Å². The van der Waals surface area contributed by atoms with Crippen molar-refractivity contribution in [3.8, 4) is 5.75 Å². The number of hydrogen-bond donors (Lipinski definition) is 2. The van der Waals surface area contributed by atoms with Crippen LogP contribution < -0.4 is 5.32 Å². The molecule has 0 spiro atoms. The number of nitrogens with zero attached hydrogens (tertiary/aromatic N) is 2. The molecule has 0 bridgehead atoms. The Hall–Kier alpha value is -4.37. The number of anilines is 1. The van der Waals surface area contributed by atoms with Crippen molar-refractivity contribution in [3.05, 3.63) is 95.1 Å². The van der Waals surface area contributed by atoms with Crippen molar-refractivity contribution in [2.45, 2.75) is 26.0 Å². The molecule has 9 heteroatoms. The topological polar surface area (TPSA) is 108 Å². The van der Waals surface area contributed by atoms with Crippen LogP contribution in [0.25, 0.3) is 0 Å². The van der Waals surface area contributed by atoms with Crippen molar-refractivity contribution < 1.29 is 29.0 Å². The van der Waals surface area contributed by atoms with Crippen molar-refractivity contribution >= 4 is 23.7 Å². The van der Waals surface area contributed by atoms with E-state index >= 15 is 0 Å². The van der Waals surface area contributed by atoms with Gasteiger partial charge in [0.05, 0.1) is 30.6 Å². The number of phenolic OH excluding ortho intramolecular Hbond substituents is 1. The lowest BCUT2D eigenvalue weighted by atomic mass is 9.91. The van der Waals surface area contributed by atoms with Gasteiger partial charge in [0.1, 0.15) is 12.4 Å². The van der Waals surface area contributed by atoms with Crippen LogP contribution in [0.5, 0.6) is 5.75 Å². The van der Waals surface area contributed by atoms with E-state index in [2.05, 4.69) is 5.32 Å². The molecule has 0 radical (unpaired) electrons. The fourth-order valence-corrected chi connectivity index (χ4v) is 3.78. The van der Waals surface area contributed by atoms with Gasteiger partial charge in [-0.2, -0.15) is 0 Å². The summed E-state index contributed by atoms with van der Waals surface area (Å²) >= 11 is 0. The van der Waals surface area contributed by atoms with Crippen LogP contribution in [0.1, 0.15) is 45.7 Å². The third-order valence-corrected chi connectivity index (χ3v) is 6.06. The highest BCUT2D eigenvalue weighted by Gasteiger charge is 2.34. The normalized spacial score (nSPS) is 11.1. The molecule has 0 fully saturated rings. The summed E-state index contributed by atoms with van der Waals surface area (Å²) < 4.78 is 10.3. The Morgan fingerprint density at radius 1 is 0.895 bits per heavy atom. The number of ether oxygens (including phenoxy) is 2. The Labute approximate surface area is 222 Å². The predicted molar refractivity (Wildman–Crippen MR) is 144 cm³/mol. The Balaban J connectivity index is 1.73. The van der Waals surface area contributed by atoms with Crippen LogP contribution >= 0.6 is 0 Å². The lowest BCUT2D eigenvalue weighted by Gasteiger charge is -2.39. The van der Waals surface area contributed by atoms with Crippen LogP contribution in [-0.4, -0.2) is 60.7 Å². The predicted octanol–water partition coefficient (Wildman–Crippen LogP) is 4.82. The van der Waals surface area contributed by atoms with Gasteiger partial charge in [0.15, 0.2) is 0 Å². The number of para-hydroxylation sites is 2. The van der Waals surface area contributed by atoms with Gasteiger partial charge in [-0.05, 0) is 75.5 Å². The number of methoxy groups -OCH3 is 1. The maximum absolute atomic E-state index is 13.2. The summed E-state index contributed by atoms with van der Waals surface area (Å²) in [7, 11) is 5.03. The SMILES string of the molecule is COC(=O)c1ccc(COC(=O)N(CN(C)C)C(C)(C)c2ccc(C(=O)Nc3ccccc3O)cc2)cc1. The summed E-state index contributed by atoms with van der Waals surface area (Å²) in [6.45, 7) is 4.13. The van der Waals surface area contributed by atoms with Crippen LogP contribution in [0.2, 0.25) is 0 Å². The van der Waals surface area contributed by atoms with E-state index in [0.29, 0.717) is 23.5 Å². The van der Waals surface area contributed by atoms with Crippen LogP contribution in [0.15, 0.2) is 72.8 Å². The van der Waals surface area contributed by atoms with Crippen molar-refractivity contribution in [1.29, 1.82) is 0 Å². The number of rotatable bonds is 9. The molecule has 200 valence electrons. The molecule has 0 saturated heterocycles. The minimum Gasteiger partial charge on any atom is -0.506 e. The fraction of sp³-hybridized carbons (Fsp3) is 0.276. The zero-order valence-electron chi connectivity index (χ0n) is 22.2. The molecule has 3 rings (SSSR count). The molecule has 0 heterocycles. The molecule has 0 aliphatic rings. The van der Waals surface area contributed by atoms with Crippen LogP contribution in [-0.2, 0) is 21.6 Å². The third-order valence-electron chi connectivity index (χ3n) is 6.06. The van der Waals surface area contributed by atoms with Crippen molar-refractivity contribution in [3.63, 3.8) is 0 Å². The molecule has 2 N–H and O–H groups in total. The van der Waals surface area contributed by atoms with Gasteiger partial charge in [0.25, 0.3) is 5.91 Å². The Morgan fingerprint density at radius 2 is 1.50 bits per heavy atom. The quantitative estimate of drug-likeness (QED) is 0.237. The number of benzene rings is 3. The molecule has 0 saturated carbocycles. The Kier molecular flexibility index (Phi) is 9.09. The number of carbonyl (C=O) groups is 3. The van der Waals surface area contributed by atoms with Crippen molar-refractivity contribution in [2.75, 3.05) is 33.2 Å². The lowest BCUT2D eigenvalue weighted by Crippen LogP contribution is -2.49. The number of nitrogens with one attached hydrogen (secondary N) is 1. The number of aromatic hydroxyl groups is 1. The van der Waals surface area contributed by atoms with Gasteiger partial charge < -0.3 is 19.9 Å². The van der Waals surface area contributed by atoms with E-state index < -0.39 is 17.6 Å². The average molecular weight is 520 g/mol. The zero-order chi connectivity index (χ0) is 27.9. The number of phenols is 1. The highest BCUT2D eigenvalue weighted by Crippen LogP contribution is 2.30. The molecule has 0 aliphatic carbocycles. The van der Waals surface area contributed by atoms with E-state index in [1.807, 2.05) is 32.8 Å². The second-order valence-corrected chi connectivity index (χ2v) is 9.50. The van der Waals surface area contributed by atoms with Gasteiger partial charge in [0.2, 0.25) is 0 Å². The van der Waals surface area contributed by atoms with Gasteiger partial charge >= 0.3 is 12.1 Å². The monoisotopic (exact) mass is 519 g/mol. The van der Waals surface area contributed by atoms with E-state index in [0.717, 1.165) is 11.1 Å². The Bertz CT molecular complexity index is 1270. The largest absolute Gasteiger partial charge is 0.506 e. The second-order valence-electron chi connectivity index (χ2n) is 9.50. The van der Waals surface area contributed by atoms with E-state index in [1.54, 1.807) is 71.6 Å². The van der Waals surface area contributed by atoms with Crippen molar-refractivity contribution in [2.24, 2.45) is 0 Å².